The van der Waals surface area contributed by atoms with Crippen molar-refractivity contribution in [3.8, 4) is 17.2 Å². The molecule has 5 nitrogen and oxygen atoms in total. The lowest BCUT2D eigenvalue weighted by atomic mass is 10.1. The van der Waals surface area contributed by atoms with E-state index in [0.29, 0.717) is 24.7 Å². The number of ether oxygens (including phenoxy) is 3. The Bertz CT molecular complexity index is 409. The molecule has 2 N–H and O–H groups in total. The number of hydrogen-bond acceptors (Lipinski definition) is 5. The van der Waals surface area contributed by atoms with Crippen LogP contribution in [0.1, 0.15) is 25.3 Å². The third-order valence-electron chi connectivity index (χ3n) is 2.95. The van der Waals surface area contributed by atoms with Crippen molar-refractivity contribution in [2.45, 2.75) is 26.3 Å². The molecule has 0 saturated carbocycles. The first-order chi connectivity index (χ1) is 9.31. The van der Waals surface area contributed by atoms with Gasteiger partial charge in [-0.05, 0) is 12.5 Å². The van der Waals surface area contributed by atoms with Crippen molar-refractivity contribution < 1.29 is 19.3 Å². The highest BCUT2D eigenvalue weighted by Gasteiger charge is 2.16. The second-order valence-corrected chi connectivity index (χ2v) is 4.48. The Kier molecular flexibility index (Phi) is 5.30. The van der Waals surface area contributed by atoms with Crippen molar-refractivity contribution in [1.82, 2.24) is 5.32 Å². The summed E-state index contributed by atoms with van der Waals surface area (Å²) in [6.45, 7) is 5.21. The molecule has 2 rings (SSSR count). The zero-order valence-electron chi connectivity index (χ0n) is 11.3. The molecule has 19 heavy (non-hydrogen) atoms. The van der Waals surface area contributed by atoms with Crippen LogP contribution in [0.5, 0.6) is 17.2 Å². The molecule has 0 atom stereocenters. The van der Waals surface area contributed by atoms with E-state index in [0.717, 1.165) is 31.6 Å². The standard InChI is InChI=1S/C14H21NO4/c1-2-3-5-17-6-4-15-9-11-7-13-14(8-12(11)16)19-10-18-13/h7-8,15-16H,2-6,9-10H2,1H3. The predicted octanol–water partition coefficient (Wildman–Crippen LogP) is 2.03. The molecule has 0 aliphatic carbocycles. The number of aromatic hydroxyl groups is 1. The molecule has 1 aliphatic heterocycles. The van der Waals surface area contributed by atoms with Gasteiger partial charge in [-0.2, -0.15) is 0 Å². The van der Waals surface area contributed by atoms with E-state index in [9.17, 15) is 5.11 Å². The van der Waals surface area contributed by atoms with Crippen LogP contribution >= 0.6 is 0 Å². The highest BCUT2D eigenvalue weighted by molar-refractivity contribution is 5.51. The normalized spacial score (nSPS) is 12.9. The van der Waals surface area contributed by atoms with Crippen LogP contribution in [0.15, 0.2) is 12.1 Å². The smallest absolute Gasteiger partial charge is 0.231 e. The molecule has 0 radical (unpaired) electrons. The summed E-state index contributed by atoms with van der Waals surface area (Å²) in [6.07, 6.45) is 2.25. The quantitative estimate of drug-likeness (QED) is 0.706. The summed E-state index contributed by atoms with van der Waals surface area (Å²) in [6, 6.07) is 3.40. The third kappa shape index (κ3) is 4.01. The van der Waals surface area contributed by atoms with Gasteiger partial charge in [-0.1, -0.05) is 13.3 Å². The van der Waals surface area contributed by atoms with Crippen LogP contribution in [0.2, 0.25) is 0 Å². The van der Waals surface area contributed by atoms with Gasteiger partial charge in [0.2, 0.25) is 6.79 Å². The van der Waals surface area contributed by atoms with Crippen molar-refractivity contribution in [2.24, 2.45) is 0 Å². The third-order valence-corrected chi connectivity index (χ3v) is 2.95. The molecule has 1 aromatic carbocycles. The van der Waals surface area contributed by atoms with Gasteiger partial charge in [-0.3, -0.25) is 0 Å². The van der Waals surface area contributed by atoms with E-state index in [-0.39, 0.29) is 12.5 Å². The molecule has 5 heteroatoms. The van der Waals surface area contributed by atoms with E-state index >= 15 is 0 Å². The second-order valence-electron chi connectivity index (χ2n) is 4.48. The van der Waals surface area contributed by atoms with Crippen molar-refractivity contribution >= 4 is 0 Å². The Morgan fingerprint density at radius 1 is 1.26 bits per heavy atom. The van der Waals surface area contributed by atoms with Gasteiger partial charge in [0, 0.05) is 31.3 Å². The van der Waals surface area contributed by atoms with E-state index in [1.165, 1.54) is 0 Å². The fourth-order valence-electron chi connectivity index (χ4n) is 1.83. The van der Waals surface area contributed by atoms with Crippen LogP contribution in [0.3, 0.4) is 0 Å². The monoisotopic (exact) mass is 267 g/mol. The predicted molar refractivity (Wildman–Crippen MR) is 71.7 cm³/mol. The van der Waals surface area contributed by atoms with Gasteiger partial charge in [0.15, 0.2) is 11.5 Å². The number of phenolic OH excluding ortho intramolecular Hbond substituents is 1. The molecule has 1 heterocycles. The lowest BCUT2D eigenvalue weighted by Crippen LogP contribution is -2.19. The van der Waals surface area contributed by atoms with Crippen LogP contribution in [0, 0.1) is 0 Å². The average Bonchev–Trinajstić information content (AvgIpc) is 2.84. The van der Waals surface area contributed by atoms with Crippen LogP contribution < -0.4 is 14.8 Å². The maximum absolute atomic E-state index is 9.84. The van der Waals surface area contributed by atoms with Crippen molar-refractivity contribution in [2.75, 3.05) is 26.6 Å². The summed E-state index contributed by atoms with van der Waals surface area (Å²) in [5.41, 5.74) is 0.804. The molecule has 0 unspecified atom stereocenters. The first kappa shape index (κ1) is 14.0. The second kappa shape index (κ2) is 7.21. The molecule has 0 saturated heterocycles. The zero-order chi connectivity index (χ0) is 13.5. The number of phenols is 1. The topological polar surface area (TPSA) is 60.0 Å². The number of nitrogens with one attached hydrogen (secondary N) is 1. The lowest BCUT2D eigenvalue weighted by Gasteiger charge is -2.08. The Labute approximate surface area is 113 Å². The Hall–Kier alpha value is -1.46. The Balaban J connectivity index is 1.71. The summed E-state index contributed by atoms with van der Waals surface area (Å²) in [7, 11) is 0. The highest BCUT2D eigenvalue weighted by Crippen LogP contribution is 2.37. The molecule has 1 aliphatic rings. The largest absolute Gasteiger partial charge is 0.507 e. The summed E-state index contributed by atoms with van der Waals surface area (Å²) >= 11 is 0. The van der Waals surface area contributed by atoms with Gasteiger partial charge < -0.3 is 24.6 Å². The van der Waals surface area contributed by atoms with Crippen LogP contribution in [-0.2, 0) is 11.3 Å². The minimum atomic E-state index is 0.219. The number of hydrogen-bond donors (Lipinski definition) is 2. The Morgan fingerprint density at radius 3 is 2.84 bits per heavy atom. The Morgan fingerprint density at radius 2 is 2.05 bits per heavy atom. The number of benzene rings is 1. The number of rotatable bonds is 8. The summed E-state index contributed by atoms with van der Waals surface area (Å²) in [4.78, 5) is 0. The molecule has 0 bridgehead atoms. The lowest BCUT2D eigenvalue weighted by molar-refractivity contribution is 0.133. The van der Waals surface area contributed by atoms with Gasteiger partial charge in [-0.25, -0.2) is 0 Å². The first-order valence-corrected chi connectivity index (χ1v) is 6.71. The van der Waals surface area contributed by atoms with Gasteiger partial charge in [0.05, 0.1) is 6.61 Å². The van der Waals surface area contributed by atoms with Crippen molar-refractivity contribution in [3.05, 3.63) is 17.7 Å². The average molecular weight is 267 g/mol. The molecule has 0 fully saturated rings. The molecular formula is C14H21NO4. The maximum atomic E-state index is 9.84. The minimum absolute atomic E-state index is 0.219. The highest BCUT2D eigenvalue weighted by atomic mass is 16.7. The van der Waals surface area contributed by atoms with Crippen LogP contribution in [0.4, 0.5) is 0 Å². The van der Waals surface area contributed by atoms with E-state index in [4.69, 9.17) is 14.2 Å². The molecular weight excluding hydrogens is 246 g/mol. The fourth-order valence-corrected chi connectivity index (χ4v) is 1.83. The molecule has 0 amide bonds. The molecule has 106 valence electrons. The fraction of sp³-hybridized carbons (Fsp3) is 0.571. The van der Waals surface area contributed by atoms with Gasteiger partial charge in [-0.15, -0.1) is 0 Å². The summed E-state index contributed by atoms with van der Waals surface area (Å²) in [5.74, 6) is 1.52. The van der Waals surface area contributed by atoms with E-state index in [1.807, 2.05) is 6.07 Å². The van der Waals surface area contributed by atoms with Gasteiger partial charge >= 0.3 is 0 Å². The van der Waals surface area contributed by atoms with Crippen LogP contribution in [0.25, 0.3) is 0 Å². The molecule has 0 spiro atoms. The number of fused-ring (bicyclic) bond motifs is 1. The van der Waals surface area contributed by atoms with Crippen molar-refractivity contribution in [1.29, 1.82) is 0 Å². The SMILES string of the molecule is CCCCOCCNCc1cc2c(cc1O)OCO2. The zero-order valence-corrected chi connectivity index (χ0v) is 11.3. The number of unbranched alkanes of at least 4 members (excludes halogenated alkanes) is 1. The van der Waals surface area contributed by atoms with Gasteiger partial charge in [0.25, 0.3) is 0 Å². The maximum Gasteiger partial charge on any atom is 0.231 e. The minimum Gasteiger partial charge on any atom is -0.507 e. The van der Waals surface area contributed by atoms with E-state index in [2.05, 4.69) is 12.2 Å². The first-order valence-electron chi connectivity index (χ1n) is 6.71. The van der Waals surface area contributed by atoms with Crippen LogP contribution in [-0.4, -0.2) is 31.7 Å². The molecule has 0 aromatic heterocycles. The summed E-state index contributed by atoms with van der Waals surface area (Å²) in [5, 5.41) is 13.1. The van der Waals surface area contributed by atoms with Gasteiger partial charge in [0.1, 0.15) is 5.75 Å². The summed E-state index contributed by atoms with van der Waals surface area (Å²) < 4.78 is 15.9. The van der Waals surface area contributed by atoms with Crippen molar-refractivity contribution in [3.63, 3.8) is 0 Å². The van der Waals surface area contributed by atoms with E-state index < -0.39 is 0 Å². The molecule has 1 aromatic rings. The van der Waals surface area contributed by atoms with E-state index in [1.54, 1.807) is 6.07 Å².